The number of nitrogens with zero attached hydrogens (tertiary/aromatic N) is 5. The number of hydrogen-bond donors (Lipinski definition) is 1. The fourth-order valence-electron chi connectivity index (χ4n) is 1.43. The lowest BCUT2D eigenvalue weighted by Crippen LogP contribution is -2.11. The van der Waals surface area contributed by atoms with Crippen molar-refractivity contribution < 1.29 is 0 Å². The van der Waals surface area contributed by atoms with Crippen molar-refractivity contribution in [1.82, 2.24) is 25.2 Å². The van der Waals surface area contributed by atoms with Gasteiger partial charge < -0.3 is 5.73 Å². The first kappa shape index (κ1) is 10.7. The standard InChI is InChI=1S/C10H14N6/c11-5-3-7-16-10(13-14-15-16)8-9-4-1-2-6-12-9/h1-2,4,6H,3,5,7-8,11H2. The highest BCUT2D eigenvalue weighted by molar-refractivity contribution is 5.08. The molecule has 2 aromatic rings. The smallest absolute Gasteiger partial charge is 0.157 e. The molecule has 2 N–H and O–H groups in total. The largest absolute Gasteiger partial charge is 0.330 e. The summed E-state index contributed by atoms with van der Waals surface area (Å²) in [4.78, 5) is 4.24. The monoisotopic (exact) mass is 218 g/mol. The summed E-state index contributed by atoms with van der Waals surface area (Å²) in [6.07, 6.45) is 3.29. The van der Waals surface area contributed by atoms with Crippen LogP contribution in [0.1, 0.15) is 17.9 Å². The zero-order valence-electron chi connectivity index (χ0n) is 8.95. The highest BCUT2D eigenvalue weighted by atomic mass is 15.5. The van der Waals surface area contributed by atoms with E-state index in [1.54, 1.807) is 10.9 Å². The van der Waals surface area contributed by atoms with Gasteiger partial charge in [-0.05, 0) is 35.5 Å². The third-order valence-electron chi connectivity index (χ3n) is 2.25. The summed E-state index contributed by atoms with van der Waals surface area (Å²) in [6.45, 7) is 1.40. The van der Waals surface area contributed by atoms with Crippen LogP contribution in [0.25, 0.3) is 0 Å². The van der Waals surface area contributed by atoms with Crippen molar-refractivity contribution in [3.05, 3.63) is 35.9 Å². The van der Waals surface area contributed by atoms with Gasteiger partial charge in [0.1, 0.15) is 0 Å². The molecule has 0 saturated carbocycles. The van der Waals surface area contributed by atoms with Gasteiger partial charge in [0.05, 0.1) is 6.42 Å². The van der Waals surface area contributed by atoms with Crippen LogP contribution in [0.5, 0.6) is 0 Å². The summed E-state index contributed by atoms with van der Waals surface area (Å²) >= 11 is 0. The van der Waals surface area contributed by atoms with Crippen LogP contribution in [0, 0.1) is 0 Å². The Morgan fingerprint density at radius 2 is 2.25 bits per heavy atom. The lowest BCUT2D eigenvalue weighted by Gasteiger charge is -2.02. The molecule has 2 rings (SSSR count). The van der Waals surface area contributed by atoms with Gasteiger partial charge in [0.25, 0.3) is 0 Å². The highest BCUT2D eigenvalue weighted by Crippen LogP contribution is 2.03. The summed E-state index contributed by atoms with van der Waals surface area (Å²) in [6, 6.07) is 5.80. The van der Waals surface area contributed by atoms with Crippen LogP contribution in [0.15, 0.2) is 24.4 Å². The quantitative estimate of drug-likeness (QED) is 0.764. The number of nitrogens with two attached hydrogens (primary N) is 1. The first-order valence-electron chi connectivity index (χ1n) is 5.25. The molecule has 0 amide bonds. The maximum Gasteiger partial charge on any atom is 0.157 e. The van der Waals surface area contributed by atoms with Gasteiger partial charge in [-0.3, -0.25) is 4.98 Å². The summed E-state index contributed by atoms with van der Waals surface area (Å²) in [5.41, 5.74) is 6.42. The Labute approximate surface area is 93.5 Å². The lowest BCUT2D eigenvalue weighted by atomic mass is 10.2. The summed E-state index contributed by atoms with van der Waals surface area (Å²) in [5, 5.41) is 11.6. The number of hydrogen-bond acceptors (Lipinski definition) is 5. The maximum absolute atomic E-state index is 5.45. The Kier molecular flexibility index (Phi) is 3.55. The molecule has 0 aliphatic heterocycles. The number of aryl methyl sites for hydroxylation is 1. The van der Waals surface area contributed by atoms with Crippen LogP contribution in [0.2, 0.25) is 0 Å². The van der Waals surface area contributed by atoms with Gasteiger partial charge in [0.2, 0.25) is 0 Å². The fourth-order valence-corrected chi connectivity index (χ4v) is 1.43. The van der Waals surface area contributed by atoms with Crippen LogP contribution >= 0.6 is 0 Å². The molecule has 0 aromatic carbocycles. The Bertz CT molecular complexity index is 424. The molecule has 6 heteroatoms. The van der Waals surface area contributed by atoms with Gasteiger partial charge in [0, 0.05) is 18.4 Å². The van der Waals surface area contributed by atoms with E-state index in [4.69, 9.17) is 5.73 Å². The van der Waals surface area contributed by atoms with Crippen molar-refractivity contribution >= 4 is 0 Å². The number of tetrazole rings is 1. The minimum Gasteiger partial charge on any atom is -0.330 e. The first-order valence-corrected chi connectivity index (χ1v) is 5.25. The SMILES string of the molecule is NCCCn1nnnc1Cc1ccccn1. The Morgan fingerprint density at radius 1 is 1.31 bits per heavy atom. The molecule has 2 aromatic heterocycles. The molecular weight excluding hydrogens is 204 g/mol. The molecule has 0 bridgehead atoms. The molecule has 16 heavy (non-hydrogen) atoms. The molecule has 0 radical (unpaired) electrons. The van der Waals surface area contributed by atoms with Crippen molar-refractivity contribution in [2.75, 3.05) is 6.54 Å². The second-order valence-electron chi connectivity index (χ2n) is 3.46. The van der Waals surface area contributed by atoms with E-state index in [0.29, 0.717) is 13.0 Å². The molecule has 0 aliphatic rings. The van der Waals surface area contributed by atoms with Crippen LogP contribution in [0.4, 0.5) is 0 Å². The fraction of sp³-hybridized carbons (Fsp3) is 0.400. The minimum atomic E-state index is 0.642. The summed E-state index contributed by atoms with van der Waals surface area (Å²) < 4.78 is 1.78. The topological polar surface area (TPSA) is 82.5 Å². The average Bonchev–Trinajstić information content (AvgIpc) is 2.75. The predicted molar refractivity (Wildman–Crippen MR) is 58.5 cm³/mol. The average molecular weight is 218 g/mol. The van der Waals surface area contributed by atoms with Crippen molar-refractivity contribution in [3.63, 3.8) is 0 Å². The molecule has 0 fully saturated rings. The van der Waals surface area contributed by atoms with Crippen molar-refractivity contribution in [2.45, 2.75) is 19.4 Å². The van der Waals surface area contributed by atoms with E-state index in [2.05, 4.69) is 20.5 Å². The zero-order chi connectivity index (χ0) is 11.2. The Morgan fingerprint density at radius 3 is 3.00 bits per heavy atom. The van der Waals surface area contributed by atoms with Crippen molar-refractivity contribution in [2.24, 2.45) is 5.73 Å². The van der Waals surface area contributed by atoms with Crippen LogP contribution in [-0.4, -0.2) is 31.7 Å². The van der Waals surface area contributed by atoms with E-state index in [9.17, 15) is 0 Å². The Hall–Kier alpha value is -1.82. The van der Waals surface area contributed by atoms with Crippen molar-refractivity contribution in [1.29, 1.82) is 0 Å². The Balaban J connectivity index is 2.07. The van der Waals surface area contributed by atoms with Crippen molar-refractivity contribution in [3.8, 4) is 0 Å². The second-order valence-corrected chi connectivity index (χ2v) is 3.46. The predicted octanol–water partition coefficient (Wildman–Crippen LogP) is 0.00770. The van der Waals surface area contributed by atoms with Crippen LogP contribution < -0.4 is 5.73 Å². The maximum atomic E-state index is 5.45. The number of aromatic nitrogens is 5. The van der Waals surface area contributed by atoms with Gasteiger partial charge in [-0.2, -0.15) is 0 Å². The molecule has 2 heterocycles. The van der Waals surface area contributed by atoms with E-state index < -0.39 is 0 Å². The number of pyridine rings is 1. The van der Waals surface area contributed by atoms with Gasteiger partial charge in [-0.15, -0.1) is 5.10 Å². The second kappa shape index (κ2) is 5.32. The summed E-state index contributed by atoms with van der Waals surface area (Å²) in [7, 11) is 0. The molecule has 0 spiro atoms. The highest BCUT2D eigenvalue weighted by Gasteiger charge is 2.06. The van der Waals surface area contributed by atoms with Gasteiger partial charge in [-0.1, -0.05) is 6.07 Å². The molecule has 84 valence electrons. The van der Waals surface area contributed by atoms with Crippen LogP contribution in [0.3, 0.4) is 0 Å². The van der Waals surface area contributed by atoms with E-state index in [1.165, 1.54) is 0 Å². The zero-order valence-corrected chi connectivity index (χ0v) is 8.95. The van der Waals surface area contributed by atoms with Gasteiger partial charge in [-0.25, -0.2) is 4.68 Å². The van der Waals surface area contributed by atoms with E-state index >= 15 is 0 Å². The molecular formula is C10H14N6. The third kappa shape index (κ3) is 2.60. The van der Waals surface area contributed by atoms with E-state index in [1.807, 2.05) is 18.2 Å². The van der Waals surface area contributed by atoms with E-state index in [0.717, 1.165) is 24.5 Å². The minimum absolute atomic E-state index is 0.642. The van der Waals surface area contributed by atoms with Gasteiger partial charge >= 0.3 is 0 Å². The van der Waals surface area contributed by atoms with Crippen LogP contribution in [-0.2, 0) is 13.0 Å². The summed E-state index contributed by atoms with van der Waals surface area (Å²) in [5.74, 6) is 0.826. The lowest BCUT2D eigenvalue weighted by molar-refractivity contribution is 0.546. The third-order valence-corrected chi connectivity index (χ3v) is 2.25. The molecule has 6 nitrogen and oxygen atoms in total. The number of rotatable bonds is 5. The van der Waals surface area contributed by atoms with Gasteiger partial charge in [0.15, 0.2) is 5.82 Å². The first-order chi connectivity index (χ1) is 7.90. The molecule has 0 unspecified atom stereocenters. The molecule has 0 saturated heterocycles. The molecule has 0 aliphatic carbocycles. The molecule has 0 atom stereocenters. The normalized spacial score (nSPS) is 10.6. The van der Waals surface area contributed by atoms with E-state index in [-0.39, 0.29) is 0 Å².